The summed E-state index contributed by atoms with van der Waals surface area (Å²) in [4.78, 5) is 18.6. The van der Waals surface area contributed by atoms with Crippen molar-refractivity contribution in [3.8, 4) is 11.5 Å². The number of guanidine groups is 1. The zero-order valence-electron chi connectivity index (χ0n) is 17.7. The molecule has 1 saturated heterocycles. The molecule has 0 spiro atoms. The molecule has 1 aliphatic heterocycles. The third-order valence-electron chi connectivity index (χ3n) is 4.69. The molecule has 10 heteroatoms. The zero-order valence-corrected chi connectivity index (χ0v) is 20.0. The second kappa shape index (κ2) is 12.8. The van der Waals surface area contributed by atoms with Crippen LogP contribution in [-0.2, 0) is 16.1 Å². The van der Waals surface area contributed by atoms with E-state index in [1.807, 2.05) is 18.7 Å². The molecule has 0 bridgehead atoms. The van der Waals surface area contributed by atoms with E-state index < -0.39 is 6.61 Å². The molecular weight excluding hydrogens is 511 g/mol. The summed E-state index contributed by atoms with van der Waals surface area (Å²) < 4.78 is 39.9. The molecule has 0 aliphatic carbocycles. The first kappa shape index (κ1) is 26.2. The number of esters is 1. The normalized spacial score (nSPS) is 18.8. The summed E-state index contributed by atoms with van der Waals surface area (Å²) in [6, 6.07) is 4.79. The van der Waals surface area contributed by atoms with Gasteiger partial charge in [-0.15, -0.1) is 24.0 Å². The van der Waals surface area contributed by atoms with Gasteiger partial charge in [0, 0.05) is 19.6 Å². The number of carbonyl (C=O) groups excluding carboxylic acids is 1. The van der Waals surface area contributed by atoms with Crippen LogP contribution >= 0.6 is 24.0 Å². The number of carbonyl (C=O) groups is 1. The number of nitrogens with one attached hydrogen (secondary N) is 1. The lowest BCUT2D eigenvalue weighted by molar-refractivity contribution is -0.146. The highest BCUT2D eigenvalue weighted by Crippen LogP contribution is 2.30. The minimum atomic E-state index is -2.92. The Bertz CT molecular complexity index is 721. The van der Waals surface area contributed by atoms with E-state index in [1.54, 1.807) is 19.1 Å². The van der Waals surface area contributed by atoms with Gasteiger partial charge in [0.2, 0.25) is 0 Å². The number of hydrogen-bond acceptors (Lipinski definition) is 5. The molecule has 30 heavy (non-hydrogen) atoms. The molecule has 1 aromatic carbocycles. The number of aliphatic imine (C=N–C) groups is 1. The molecule has 1 fully saturated rings. The fourth-order valence-electron chi connectivity index (χ4n) is 3.30. The number of ether oxygens (including phenoxy) is 3. The monoisotopic (exact) mass is 541 g/mol. The Kier molecular flexibility index (Phi) is 11.1. The maximum atomic E-state index is 12.6. The summed E-state index contributed by atoms with van der Waals surface area (Å²) >= 11 is 0. The summed E-state index contributed by atoms with van der Waals surface area (Å²) in [6.45, 7) is 5.39. The van der Waals surface area contributed by atoms with Gasteiger partial charge in [-0.05, 0) is 37.5 Å². The third kappa shape index (κ3) is 7.13. The molecule has 0 amide bonds. The van der Waals surface area contributed by atoms with Crippen LogP contribution in [0.4, 0.5) is 8.78 Å². The Labute approximate surface area is 193 Å². The molecule has 2 unspecified atom stereocenters. The standard InChI is InChI=1S/C20H29F2N3O4.HI/c1-5-23-20(25-11-13(3)15(12-25)18(26)27-4)24-10-14-7-8-16(29-19(21)22)17(9-14)28-6-2;/h7-9,13,15,19H,5-6,10-12H2,1-4H3,(H,23,24);1H. The van der Waals surface area contributed by atoms with Crippen molar-refractivity contribution in [3.05, 3.63) is 23.8 Å². The average molecular weight is 541 g/mol. The van der Waals surface area contributed by atoms with Crippen molar-refractivity contribution in [2.24, 2.45) is 16.8 Å². The van der Waals surface area contributed by atoms with Crippen LogP contribution in [-0.4, -0.2) is 56.8 Å². The first-order chi connectivity index (χ1) is 13.9. The van der Waals surface area contributed by atoms with Crippen molar-refractivity contribution in [3.63, 3.8) is 0 Å². The molecule has 7 nitrogen and oxygen atoms in total. The van der Waals surface area contributed by atoms with Crippen LogP contribution in [0.25, 0.3) is 0 Å². The van der Waals surface area contributed by atoms with Crippen LogP contribution in [0.1, 0.15) is 26.3 Å². The maximum Gasteiger partial charge on any atom is 0.387 e. The Morgan fingerprint density at radius 3 is 2.63 bits per heavy atom. The van der Waals surface area contributed by atoms with Crippen LogP contribution < -0.4 is 14.8 Å². The largest absolute Gasteiger partial charge is 0.490 e. The lowest BCUT2D eigenvalue weighted by atomic mass is 9.99. The van der Waals surface area contributed by atoms with Crippen molar-refractivity contribution in [2.75, 3.05) is 33.4 Å². The number of likely N-dealkylation sites (tertiary alicyclic amines) is 1. The molecule has 1 aromatic rings. The molecule has 2 rings (SSSR count). The Hall–Kier alpha value is -1.85. The molecule has 1 aliphatic rings. The first-order valence-corrected chi connectivity index (χ1v) is 9.71. The van der Waals surface area contributed by atoms with Gasteiger partial charge >= 0.3 is 12.6 Å². The van der Waals surface area contributed by atoms with Gasteiger partial charge in [0.05, 0.1) is 26.2 Å². The van der Waals surface area contributed by atoms with Gasteiger partial charge in [0.25, 0.3) is 0 Å². The van der Waals surface area contributed by atoms with Gasteiger partial charge in [-0.2, -0.15) is 8.78 Å². The summed E-state index contributed by atoms with van der Waals surface area (Å²) in [7, 11) is 1.40. The molecule has 2 atom stereocenters. The Morgan fingerprint density at radius 2 is 2.03 bits per heavy atom. The molecule has 0 saturated carbocycles. The van der Waals surface area contributed by atoms with Crippen molar-refractivity contribution in [2.45, 2.75) is 33.9 Å². The summed E-state index contributed by atoms with van der Waals surface area (Å²) in [6.07, 6.45) is 0. The fraction of sp³-hybridized carbons (Fsp3) is 0.600. The van der Waals surface area contributed by atoms with Crippen LogP contribution in [0.3, 0.4) is 0 Å². The Balaban J connectivity index is 0.00000450. The van der Waals surface area contributed by atoms with E-state index in [4.69, 9.17) is 9.47 Å². The van der Waals surface area contributed by atoms with Crippen LogP contribution in [0, 0.1) is 11.8 Å². The molecule has 1 N–H and O–H groups in total. The van der Waals surface area contributed by atoms with Crippen molar-refractivity contribution < 1.29 is 27.8 Å². The molecule has 170 valence electrons. The molecule has 0 aromatic heterocycles. The lowest BCUT2D eigenvalue weighted by Crippen LogP contribution is -2.40. The van der Waals surface area contributed by atoms with E-state index in [-0.39, 0.29) is 53.3 Å². The quantitative estimate of drug-likeness (QED) is 0.235. The van der Waals surface area contributed by atoms with E-state index in [0.717, 1.165) is 5.56 Å². The maximum absolute atomic E-state index is 12.6. The molecular formula is C20H30F2IN3O4. The molecule has 1 heterocycles. The average Bonchev–Trinajstić information content (AvgIpc) is 3.07. The highest BCUT2D eigenvalue weighted by atomic mass is 127. The number of benzene rings is 1. The number of methoxy groups -OCH3 is 1. The highest BCUT2D eigenvalue weighted by molar-refractivity contribution is 14.0. The topological polar surface area (TPSA) is 72.4 Å². The van der Waals surface area contributed by atoms with Gasteiger partial charge in [0.1, 0.15) is 0 Å². The van der Waals surface area contributed by atoms with Gasteiger partial charge in [-0.25, -0.2) is 4.99 Å². The SMILES string of the molecule is CCNC(=NCc1ccc(OC(F)F)c(OCC)c1)N1CC(C)C(C(=O)OC)C1.I. The lowest BCUT2D eigenvalue weighted by Gasteiger charge is -2.21. The fourth-order valence-corrected chi connectivity index (χ4v) is 3.30. The number of alkyl halides is 2. The predicted octanol–water partition coefficient (Wildman–Crippen LogP) is 3.51. The minimum absolute atomic E-state index is 0. The van der Waals surface area contributed by atoms with Gasteiger partial charge in [0.15, 0.2) is 17.5 Å². The summed E-state index contributed by atoms with van der Waals surface area (Å²) in [5.41, 5.74) is 0.794. The highest BCUT2D eigenvalue weighted by Gasteiger charge is 2.36. The summed E-state index contributed by atoms with van der Waals surface area (Å²) in [5.74, 6) is 0.686. The number of nitrogens with zero attached hydrogens (tertiary/aromatic N) is 2. The second-order valence-corrected chi connectivity index (χ2v) is 6.77. The number of halogens is 3. The van der Waals surface area contributed by atoms with E-state index >= 15 is 0 Å². The molecule has 0 radical (unpaired) electrons. The van der Waals surface area contributed by atoms with Crippen LogP contribution in [0.15, 0.2) is 23.2 Å². The van der Waals surface area contributed by atoms with E-state index in [1.165, 1.54) is 13.2 Å². The van der Waals surface area contributed by atoms with E-state index in [2.05, 4.69) is 15.0 Å². The van der Waals surface area contributed by atoms with Crippen molar-refractivity contribution in [1.82, 2.24) is 10.2 Å². The van der Waals surface area contributed by atoms with E-state index in [9.17, 15) is 13.6 Å². The van der Waals surface area contributed by atoms with Crippen molar-refractivity contribution in [1.29, 1.82) is 0 Å². The van der Waals surface area contributed by atoms with Crippen molar-refractivity contribution >= 4 is 35.9 Å². The van der Waals surface area contributed by atoms with Crippen LogP contribution in [0.2, 0.25) is 0 Å². The number of hydrogen-bond donors (Lipinski definition) is 1. The second-order valence-electron chi connectivity index (χ2n) is 6.77. The van der Waals surface area contributed by atoms with E-state index in [0.29, 0.717) is 38.7 Å². The van der Waals surface area contributed by atoms with Gasteiger partial charge in [-0.3, -0.25) is 4.79 Å². The van der Waals surface area contributed by atoms with Gasteiger partial charge in [-0.1, -0.05) is 13.0 Å². The first-order valence-electron chi connectivity index (χ1n) is 9.71. The minimum Gasteiger partial charge on any atom is -0.490 e. The Morgan fingerprint density at radius 1 is 1.30 bits per heavy atom. The third-order valence-corrected chi connectivity index (χ3v) is 4.69. The predicted molar refractivity (Wildman–Crippen MR) is 121 cm³/mol. The number of rotatable bonds is 8. The smallest absolute Gasteiger partial charge is 0.387 e. The van der Waals surface area contributed by atoms with Crippen LogP contribution in [0.5, 0.6) is 11.5 Å². The zero-order chi connectivity index (χ0) is 21.4. The summed E-state index contributed by atoms with van der Waals surface area (Å²) in [5, 5.41) is 3.24. The van der Waals surface area contributed by atoms with Gasteiger partial charge < -0.3 is 24.4 Å².